The Morgan fingerprint density at radius 1 is 1.44 bits per heavy atom. The highest BCUT2D eigenvalue weighted by molar-refractivity contribution is 9.10. The van der Waals surface area contributed by atoms with Crippen LogP contribution >= 0.6 is 35.3 Å². The first-order chi connectivity index (χ1) is 16.9. The zero-order valence-corrected chi connectivity index (χ0v) is 22.2. The van der Waals surface area contributed by atoms with Gasteiger partial charge in [-0.3, -0.25) is 23.7 Å². The Kier molecular flexibility index (Phi) is 9.15. The van der Waals surface area contributed by atoms with Crippen LogP contribution < -0.4 is 20.9 Å². The highest BCUT2D eigenvalue weighted by Crippen LogP contribution is 2.50. The number of rotatable bonds is 10. The third-order valence-corrected chi connectivity index (χ3v) is 7.82. The molecule has 6 atom stereocenters. The van der Waals surface area contributed by atoms with Crippen LogP contribution in [0.15, 0.2) is 46.1 Å². The third kappa shape index (κ3) is 6.62. The summed E-state index contributed by atoms with van der Waals surface area (Å²) in [7, 11) is -4.41. The van der Waals surface area contributed by atoms with Crippen molar-refractivity contribution in [2.75, 3.05) is 13.2 Å². The number of esters is 1. The van der Waals surface area contributed by atoms with Crippen LogP contribution in [0.5, 0.6) is 5.75 Å². The van der Waals surface area contributed by atoms with E-state index in [9.17, 15) is 28.4 Å². The topological polar surface area (TPSA) is 158 Å². The van der Waals surface area contributed by atoms with Gasteiger partial charge in [-0.15, -0.1) is 0 Å². The lowest BCUT2D eigenvalue weighted by Gasteiger charge is -2.25. The molecule has 0 unspecified atom stereocenters. The molecule has 36 heavy (non-hydrogen) atoms. The van der Waals surface area contributed by atoms with Gasteiger partial charge >= 0.3 is 19.4 Å². The maximum absolute atomic E-state index is 13.6. The second kappa shape index (κ2) is 11.5. The van der Waals surface area contributed by atoms with Gasteiger partial charge in [0.25, 0.3) is 5.56 Å². The van der Waals surface area contributed by atoms with Gasteiger partial charge in [-0.25, -0.2) is 13.8 Å². The van der Waals surface area contributed by atoms with E-state index in [1.165, 1.54) is 19.1 Å². The van der Waals surface area contributed by atoms with Crippen LogP contribution in [0.25, 0.3) is 0 Å². The van der Waals surface area contributed by atoms with Crippen LogP contribution in [0.2, 0.25) is 0 Å². The Bertz CT molecular complexity index is 1260. The number of hydrogen-bond donors (Lipinski definition) is 3. The van der Waals surface area contributed by atoms with E-state index in [4.69, 9.17) is 30.1 Å². The molecule has 1 aromatic carbocycles. The van der Waals surface area contributed by atoms with Gasteiger partial charge in [-0.2, -0.15) is 5.09 Å². The average Bonchev–Trinajstić information content (AvgIpc) is 3.01. The summed E-state index contributed by atoms with van der Waals surface area (Å²) in [6.07, 6.45) is -2.98. The second-order valence-electron chi connectivity index (χ2n) is 7.61. The summed E-state index contributed by atoms with van der Waals surface area (Å²) in [4.78, 5) is 37.7. The average molecular weight is 615 g/mol. The predicted octanol–water partition coefficient (Wildman–Crippen LogP) is 2.01. The highest BCUT2D eigenvalue weighted by atomic mass is 79.9. The second-order valence-corrected chi connectivity index (χ2v) is 11.7. The molecule has 0 saturated carbocycles. The molecule has 2 aromatic rings. The molecule has 0 radical (unpaired) electrons. The molecule has 1 aromatic heterocycles. The van der Waals surface area contributed by atoms with Crippen molar-refractivity contribution in [3.63, 3.8) is 0 Å². The molecule has 12 nitrogen and oxygen atoms in total. The van der Waals surface area contributed by atoms with Crippen LogP contribution in [0, 0.1) is 5.82 Å². The van der Waals surface area contributed by atoms with E-state index < -0.39 is 65.7 Å². The number of aliphatic hydroxyl groups excluding tert-OH is 1. The first kappa shape index (κ1) is 28.5. The zero-order chi connectivity index (χ0) is 26.7. The Hall–Kier alpha value is -2.06. The number of carbonyl (C=O) groups is 1. The van der Waals surface area contributed by atoms with E-state index in [2.05, 4.69) is 21.0 Å². The number of aliphatic hydroxyl groups is 1. The Morgan fingerprint density at radius 2 is 2.17 bits per heavy atom. The number of H-pyrrole nitrogens is 1. The van der Waals surface area contributed by atoms with Gasteiger partial charge in [0.15, 0.2) is 10.0 Å². The molecular weight excluding hydrogens is 592 g/mol. The quantitative estimate of drug-likeness (QED) is 0.205. The number of hydrogen-bond acceptors (Lipinski definition) is 9. The molecule has 0 aliphatic carbocycles. The molecular formula is C20H23BrClFN3O9P. The van der Waals surface area contributed by atoms with Crippen LogP contribution in [0.1, 0.15) is 20.1 Å². The number of alkyl halides is 2. The Balaban J connectivity index is 1.82. The lowest BCUT2D eigenvalue weighted by molar-refractivity contribution is -0.144. The number of ether oxygens (including phenoxy) is 2. The standard InChI is InChI=1S/C20H23BrClFN3O9P/c1-3-32-17(29)11(2)25-36(31,35-13-6-4-5-12(23)9-13)33-10-14-16(28)20(21,22)18(34-14)26-8-7-15(27)24-19(26)30/h4-9,11,14,16,18,28H,3,10H2,1-2H3,(H,25,31)(H,24,27,30)/t11-,14+,16+,18+,20-,36-/m0/s1. The largest absolute Gasteiger partial charge is 0.465 e. The predicted molar refractivity (Wildman–Crippen MR) is 129 cm³/mol. The molecule has 0 spiro atoms. The number of nitrogens with zero attached hydrogens (tertiary/aromatic N) is 1. The summed E-state index contributed by atoms with van der Waals surface area (Å²) < 4.78 is 47.7. The normalized spacial score (nSPS) is 26.2. The number of nitrogens with one attached hydrogen (secondary N) is 2. The van der Waals surface area contributed by atoms with E-state index in [1.807, 2.05) is 4.98 Å². The Labute approximate surface area is 217 Å². The van der Waals surface area contributed by atoms with Gasteiger partial charge in [-0.1, -0.05) is 33.6 Å². The van der Waals surface area contributed by atoms with Crippen molar-refractivity contribution in [3.8, 4) is 5.75 Å². The summed E-state index contributed by atoms with van der Waals surface area (Å²) in [5.74, 6) is -1.59. The number of carbonyl (C=O) groups excluding carboxylic acids is 1. The number of aromatic amines is 1. The molecule has 16 heteroatoms. The van der Waals surface area contributed by atoms with Gasteiger partial charge in [0, 0.05) is 18.3 Å². The number of halogens is 3. The summed E-state index contributed by atoms with van der Waals surface area (Å²) in [5, 5.41) is 13.1. The maximum Gasteiger partial charge on any atom is 0.459 e. The lowest BCUT2D eigenvalue weighted by Crippen LogP contribution is -2.41. The van der Waals surface area contributed by atoms with Gasteiger partial charge in [0.2, 0.25) is 0 Å². The van der Waals surface area contributed by atoms with Gasteiger partial charge in [0.05, 0.1) is 13.2 Å². The number of benzene rings is 1. The first-order valence-corrected chi connectivity index (χ1v) is 13.2. The smallest absolute Gasteiger partial charge is 0.459 e. The number of aromatic nitrogens is 2. The summed E-state index contributed by atoms with van der Waals surface area (Å²) >= 11 is 9.53. The summed E-state index contributed by atoms with van der Waals surface area (Å²) in [5.41, 5.74) is -1.50. The summed E-state index contributed by atoms with van der Waals surface area (Å²) in [6, 6.07) is 4.63. The highest BCUT2D eigenvalue weighted by Gasteiger charge is 2.55. The van der Waals surface area contributed by atoms with Crippen molar-refractivity contribution in [2.45, 2.75) is 42.1 Å². The molecule has 198 valence electrons. The molecule has 1 saturated heterocycles. The van der Waals surface area contributed by atoms with Crippen molar-refractivity contribution >= 4 is 41.2 Å². The zero-order valence-electron chi connectivity index (χ0n) is 18.9. The molecule has 0 bridgehead atoms. The fraction of sp³-hybridized carbons (Fsp3) is 0.450. The van der Waals surface area contributed by atoms with E-state index >= 15 is 0 Å². The van der Waals surface area contributed by atoms with Gasteiger partial charge in [-0.05, 0) is 26.0 Å². The third-order valence-electron chi connectivity index (χ3n) is 4.91. The molecule has 2 heterocycles. The molecule has 1 aliphatic rings. The summed E-state index contributed by atoms with van der Waals surface area (Å²) in [6.45, 7) is 2.40. The van der Waals surface area contributed by atoms with E-state index in [-0.39, 0.29) is 12.4 Å². The molecule has 3 rings (SSSR count). The molecule has 1 fully saturated rings. The minimum Gasteiger partial charge on any atom is -0.465 e. The lowest BCUT2D eigenvalue weighted by atomic mass is 10.2. The molecule has 3 N–H and O–H groups in total. The van der Waals surface area contributed by atoms with Crippen LogP contribution in [-0.2, 0) is 23.4 Å². The van der Waals surface area contributed by atoms with Gasteiger partial charge < -0.3 is 19.1 Å². The van der Waals surface area contributed by atoms with Crippen molar-refractivity contribution < 1.29 is 37.4 Å². The fourth-order valence-electron chi connectivity index (χ4n) is 3.20. The first-order valence-electron chi connectivity index (χ1n) is 10.5. The van der Waals surface area contributed by atoms with E-state index in [0.717, 1.165) is 29.0 Å². The van der Waals surface area contributed by atoms with Gasteiger partial charge in [0.1, 0.15) is 29.8 Å². The van der Waals surface area contributed by atoms with Crippen LogP contribution in [-0.4, -0.2) is 55.9 Å². The minimum absolute atomic E-state index is 0.0669. The van der Waals surface area contributed by atoms with Crippen LogP contribution in [0.4, 0.5) is 4.39 Å². The van der Waals surface area contributed by atoms with E-state index in [1.54, 1.807) is 6.92 Å². The monoisotopic (exact) mass is 613 g/mol. The SMILES string of the molecule is CCOC(=O)[C@H](C)N[P@](=O)(OC[C@H]1O[C@@H](n2ccc(=O)[nH]c2=O)[C@](Cl)(Br)[C@@H]1O)Oc1cccc(F)c1. The van der Waals surface area contributed by atoms with Crippen molar-refractivity contribution in [1.29, 1.82) is 0 Å². The van der Waals surface area contributed by atoms with E-state index in [0.29, 0.717) is 0 Å². The maximum atomic E-state index is 13.6. The Morgan fingerprint density at radius 3 is 2.81 bits per heavy atom. The van der Waals surface area contributed by atoms with Crippen molar-refractivity contribution in [2.24, 2.45) is 0 Å². The minimum atomic E-state index is -4.41. The van der Waals surface area contributed by atoms with Crippen molar-refractivity contribution in [3.05, 3.63) is 63.2 Å². The van der Waals surface area contributed by atoms with Crippen molar-refractivity contribution in [1.82, 2.24) is 14.6 Å². The fourth-order valence-corrected chi connectivity index (χ4v) is 5.61. The molecule has 0 amide bonds. The van der Waals surface area contributed by atoms with Crippen LogP contribution in [0.3, 0.4) is 0 Å². The molecule has 1 aliphatic heterocycles.